The summed E-state index contributed by atoms with van der Waals surface area (Å²) in [5, 5.41) is 13.3. The lowest BCUT2D eigenvalue weighted by Gasteiger charge is -2.17. The van der Waals surface area contributed by atoms with Gasteiger partial charge in [0.15, 0.2) is 0 Å². The third kappa shape index (κ3) is 3.91. The minimum Gasteiger partial charge on any atom is -0.351 e. The number of nitrogens with zero attached hydrogens (tertiary/aromatic N) is 2. The molecule has 1 heterocycles. The number of hydrogen-bond donors (Lipinski definition) is 1. The number of benzene rings is 2. The van der Waals surface area contributed by atoms with E-state index < -0.39 is 22.5 Å². The van der Waals surface area contributed by atoms with Crippen molar-refractivity contribution in [1.29, 1.82) is 0 Å². The number of rotatable bonds is 5. The lowest BCUT2D eigenvalue weighted by molar-refractivity contribution is -0.384. The molecule has 0 fully saturated rings. The number of nitro groups is 1. The summed E-state index contributed by atoms with van der Waals surface area (Å²) in [5.41, 5.74) is 0.913. The van der Waals surface area contributed by atoms with E-state index >= 15 is 0 Å². The van der Waals surface area contributed by atoms with E-state index in [1.54, 1.807) is 6.07 Å². The second kappa shape index (κ2) is 7.48. The number of carbonyl (C=O) groups excluding carboxylic acids is 2. The molecule has 1 N–H and O–H groups in total. The molecular formula is C18H15F2N3O4. The maximum atomic E-state index is 13.6. The SMILES string of the molecule is O=C(NCCC(=O)N1CCc2ccc([N+](=O)[O-])cc21)c1ccc(F)cc1F. The molecule has 0 atom stereocenters. The Hall–Kier alpha value is -3.36. The van der Waals surface area contributed by atoms with Gasteiger partial charge in [0.1, 0.15) is 11.6 Å². The molecule has 0 saturated heterocycles. The van der Waals surface area contributed by atoms with Crippen molar-refractivity contribution < 1.29 is 23.3 Å². The van der Waals surface area contributed by atoms with Crippen molar-refractivity contribution in [3.63, 3.8) is 0 Å². The van der Waals surface area contributed by atoms with Crippen molar-refractivity contribution >= 4 is 23.2 Å². The first-order chi connectivity index (χ1) is 12.9. The van der Waals surface area contributed by atoms with E-state index in [9.17, 15) is 28.5 Å². The monoisotopic (exact) mass is 375 g/mol. The van der Waals surface area contributed by atoms with Crippen LogP contribution in [0.1, 0.15) is 22.3 Å². The Morgan fingerprint density at radius 2 is 1.96 bits per heavy atom. The molecule has 0 radical (unpaired) electrons. The van der Waals surface area contributed by atoms with Gasteiger partial charge in [-0.25, -0.2) is 8.78 Å². The zero-order valence-electron chi connectivity index (χ0n) is 14.1. The molecular weight excluding hydrogens is 360 g/mol. The van der Waals surface area contributed by atoms with E-state index in [0.717, 1.165) is 17.7 Å². The normalized spacial score (nSPS) is 12.6. The molecule has 0 unspecified atom stereocenters. The lowest BCUT2D eigenvalue weighted by Crippen LogP contribution is -2.33. The summed E-state index contributed by atoms with van der Waals surface area (Å²) in [5.74, 6) is -2.84. The molecule has 1 aliphatic rings. The number of hydrogen-bond acceptors (Lipinski definition) is 4. The number of nitrogens with one attached hydrogen (secondary N) is 1. The molecule has 9 heteroatoms. The van der Waals surface area contributed by atoms with Crippen molar-refractivity contribution in [3.8, 4) is 0 Å². The Morgan fingerprint density at radius 1 is 1.19 bits per heavy atom. The van der Waals surface area contributed by atoms with E-state index in [2.05, 4.69) is 5.32 Å². The van der Waals surface area contributed by atoms with Crippen LogP contribution in [0.15, 0.2) is 36.4 Å². The number of anilines is 1. The van der Waals surface area contributed by atoms with E-state index in [1.807, 2.05) is 0 Å². The van der Waals surface area contributed by atoms with Gasteiger partial charge in [0.25, 0.3) is 11.6 Å². The number of amides is 2. The first-order valence-corrected chi connectivity index (χ1v) is 8.18. The topological polar surface area (TPSA) is 92.6 Å². The molecule has 0 aromatic heterocycles. The lowest BCUT2D eigenvalue weighted by atomic mass is 10.1. The smallest absolute Gasteiger partial charge is 0.271 e. The van der Waals surface area contributed by atoms with Gasteiger partial charge in [-0.05, 0) is 24.1 Å². The van der Waals surface area contributed by atoms with Crippen LogP contribution >= 0.6 is 0 Å². The fourth-order valence-corrected chi connectivity index (χ4v) is 2.93. The second-order valence-electron chi connectivity index (χ2n) is 6.00. The van der Waals surface area contributed by atoms with Crippen molar-refractivity contribution in [2.75, 3.05) is 18.0 Å². The second-order valence-corrected chi connectivity index (χ2v) is 6.00. The molecule has 0 saturated carbocycles. The molecule has 2 aromatic rings. The van der Waals surface area contributed by atoms with Gasteiger partial charge in [0, 0.05) is 37.7 Å². The van der Waals surface area contributed by atoms with Crippen molar-refractivity contribution in [1.82, 2.24) is 5.32 Å². The Balaban J connectivity index is 1.60. The summed E-state index contributed by atoms with van der Waals surface area (Å²) >= 11 is 0. The number of fused-ring (bicyclic) bond motifs is 1. The third-order valence-electron chi connectivity index (χ3n) is 4.28. The number of carbonyl (C=O) groups is 2. The van der Waals surface area contributed by atoms with E-state index in [0.29, 0.717) is 24.7 Å². The van der Waals surface area contributed by atoms with Gasteiger partial charge in [-0.3, -0.25) is 19.7 Å². The standard InChI is InChI=1S/C18H15F2N3O4/c19-12-2-4-14(15(20)9-12)18(25)21-7-5-17(24)22-8-6-11-1-3-13(23(26)27)10-16(11)22/h1-4,9-10H,5-8H2,(H,21,25). The van der Waals surface area contributed by atoms with Crippen LogP contribution in [0.2, 0.25) is 0 Å². The first kappa shape index (κ1) is 18.4. The van der Waals surface area contributed by atoms with Gasteiger partial charge < -0.3 is 10.2 Å². The van der Waals surface area contributed by atoms with Crippen LogP contribution in [0.5, 0.6) is 0 Å². The Kier molecular flexibility index (Phi) is 5.11. The summed E-state index contributed by atoms with van der Waals surface area (Å²) < 4.78 is 26.4. The average molecular weight is 375 g/mol. The summed E-state index contributed by atoms with van der Waals surface area (Å²) in [4.78, 5) is 36.1. The number of non-ortho nitro benzene ring substituents is 1. The zero-order chi connectivity index (χ0) is 19.6. The third-order valence-corrected chi connectivity index (χ3v) is 4.28. The van der Waals surface area contributed by atoms with Crippen molar-refractivity contribution in [2.45, 2.75) is 12.8 Å². The fourth-order valence-electron chi connectivity index (χ4n) is 2.93. The molecule has 0 bridgehead atoms. The van der Waals surface area contributed by atoms with Crippen LogP contribution in [0.25, 0.3) is 0 Å². The van der Waals surface area contributed by atoms with Gasteiger partial charge in [-0.2, -0.15) is 0 Å². The Bertz CT molecular complexity index is 933. The maximum absolute atomic E-state index is 13.6. The highest BCUT2D eigenvalue weighted by atomic mass is 19.1. The minimum absolute atomic E-state index is 0.0464. The van der Waals surface area contributed by atoms with Crippen molar-refractivity contribution in [2.24, 2.45) is 0 Å². The first-order valence-electron chi connectivity index (χ1n) is 8.18. The summed E-state index contributed by atoms with van der Waals surface area (Å²) in [6.45, 7) is 0.352. The average Bonchev–Trinajstić information content (AvgIpc) is 3.04. The molecule has 0 spiro atoms. The van der Waals surface area contributed by atoms with Crippen LogP contribution in [0, 0.1) is 21.7 Å². The maximum Gasteiger partial charge on any atom is 0.271 e. The molecule has 1 aliphatic heterocycles. The summed E-state index contributed by atoms with van der Waals surface area (Å²) in [6, 6.07) is 6.97. The van der Waals surface area contributed by atoms with Crippen LogP contribution in [0.4, 0.5) is 20.2 Å². The predicted octanol–water partition coefficient (Wildman–Crippen LogP) is 2.58. The number of nitro benzene ring substituents is 1. The molecule has 2 aromatic carbocycles. The van der Waals surface area contributed by atoms with Crippen LogP contribution in [-0.4, -0.2) is 29.8 Å². The Morgan fingerprint density at radius 3 is 2.67 bits per heavy atom. The zero-order valence-corrected chi connectivity index (χ0v) is 14.1. The summed E-state index contributed by atoms with van der Waals surface area (Å²) in [7, 11) is 0. The Labute approximate surface area is 152 Å². The molecule has 140 valence electrons. The van der Waals surface area contributed by atoms with Gasteiger partial charge in [0.2, 0.25) is 5.91 Å². The molecule has 3 rings (SSSR count). The molecule has 7 nitrogen and oxygen atoms in total. The van der Waals surface area contributed by atoms with Gasteiger partial charge in [-0.15, -0.1) is 0 Å². The quantitative estimate of drug-likeness (QED) is 0.642. The van der Waals surface area contributed by atoms with E-state index in [-0.39, 0.29) is 30.1 Å². The van der Waals surface area contributed by atoms with Gasteiger partial charge in [-0.1, -0.05) is 6.07 Å². The minimum atomic E-state index is -0.986. The van der Waals surface area contributed by atoms with Crippen LogP contribution < -0.4 is 10.2 Å². The van der Waals surface area contributed by atoms with Crippen LogP contribution in [-0.2, 0) is 11.2 Å². The highest BCUT2D eigenvalue weighted by molar-refractivity contribution is 5.97. The highest BCUT2D eigenvalue weighted by Crippen LogP contribution is 2.31. The van der Waals surface area contributed by atoms with Crippen LogP contribution in [0.3, 0.4) is 0 Å². The highest BCUT2D eigenvalue weighted by Gasteiger charge is 2.26. The van der Waals surface area contributed by atoms with Gasteiger partial charge in [0.05, 0.1) is 16.2 Å². The van der Waals surface area contributed by atoms with E-state index in [4.69, 9.17) is 0 Å². The molecule has 27 heavy (non-hydrogen) atoms. The van der Waals surface area contributed by atoms with Crippen molar-refractivity contribution in [3.05, 3.63) is 69.3 Å². The molecule has 2 amide bonds. The largest absolute Gasteiger partial charge is 0.351 e. The summed E-state index contributed by atoms with van der Waals surface area (Å²) in [6.07, 6.45) is 0.531. The molecule has 0 aliphatic carbocycles. The fraction of sp³-hybridized carbons (Fsp3) is 0.222. The predicted molar refractivity (Wildman–Crippen MR) is 92.5 cm³/mol. The number of halogens is 2. The van der Waals surface area contributed by atoms with Gasteiger partial charge >= 0.3 is 0 Å². The van der Waals surface area contributed by atoms with E-state index in [1.165, 1.54) is 17.0 Å².